The minimum Gasteiger partial charge on any atom is -0.322 e. The normalized spacial score (nSPS) is 10.4. The van der Waals surface area contributed by atoms with Gasteiger partial charge in [-0.15, -0.1) is 0 Å². The summed E-state index contributed by atoms with van der Waals surface area (Å²) in [6, 6.07) is 29.2. The number of amides is 1. The summed E-state index contributed by atoms with van der Waals surface area (Å²) < 4.78 is 0. The molecule has 26 heavy (non-hydrogen) atoms. The Kier molecular flexibility index (Phi) is 5.77. The predicted octanol–water partition coefficient (Wildman–Crippen LogP) is 4.36. The Balaban J connectivity index is 1.83. The quantitative estimate of drug-likeness (QED) is 0.702. The molecule has 0 atom stereocenters. The Morgan fingerprint density at radius 3 is 1.69 bits per heavy atom. The van der Waals surface area contributed by atoms with E-state index in [1.165, 1.54) is 0 Å². The average molecular weight is 360 g/mol. The average Bonchev–Trinajstić information content (AvgIpc) is 2.70. The second kappa shape index (κ2) is 8.41. The van der Waals surface area contributed by atoms with E-state index in [9.17, 15) is 4.79 Å². The second-order valence-corrected chi connectivity index (χ2v) is 6.33. The Hall–Kier alpha value is -2.98. The molecule has 3 aromatic carbocycles. The molecule has 0 saturated carbocycles. The minimum absolute atomic E-state index is 0.143. The standard InChI is InChI=1S/C22H20N2OS/c1-24(19-15-9-4-10-16-19)22(26)23-21(25)20(17-11-5-2-6-12-17)18-13-7-3-8-14-18/h2-16,20H,1H3,(H,23,25,26). The Morgan fingerprint density at radius 2 is 1.23 bits per heavy atom. The van der Waals surface area contributed by atoms with Crippen LogP contribution in [0.1, 0.15) is 17.0 Å². The van der Waals surface area contributed by atoms with Gasteiger partial charge in [0.1, 0.15) is 0 Å². The summed E-state index contributed by atoms with van der Waals surface area (Å²) in [4.78, 5) is 14.9. The zero-order valence-electron chi connectivity index (χ0n) is 14.5. The fourth-order valence-corrected chi connectivity index (χ4v) is 3.02. The summed E-state index contributed by atoms with van der Waals surface area (Å²) in [6.45, 7) is 0. The molecule has 0 aliphatic rings. The number of hydrogen-bond donors (Lipinski definition) is 1. The van der Waals surface area contributed by atoms with E-state index in [1.807, 2.05) is 98.0 Å². The van der Waals surface area contributed by atoms with Gasteiger partial charge in [0, 0.05) is 12.7 Å². The summed E-state index contributed by atoms with van der Waals surface area (Å²) in [5.74, 6) is -0.560. The number of nitrogens with one attached hydrogen (secondary N) is 1. The highest BCUT2D eigenvalue weighted by Crippen LogP contribution is 2.25. The van der Waals surface area contributed by atoms with E-state index < -0.39 is 5.92 Å². The molecule has 1 N–H and O–H groups in total. The summed E-state index contributed by atoms with van der Waals surface area (Å²) in [5.41, 5.74) is 2.79. The van der Waals surface area contributed by atoms with E-state index in [0.29, 0.717) is 5.11 Å². The van der Waals surface area contributed by atoms with Gasteiger partial charge < -0.3 is 10.2 Å². The number of carbonyl (C=O) groups excluding carboxylic acids is 1. The topological polar surface area (TPSA) is 32.3 Å². The van der Waals surface area contributed by atoms with Crippen molar-refractivity contribution < 1.29 is 4.79 Å². The summed E-state index contributed by atoms with van der Waals surface area (Å²) in [7, 11) is 1.85. The highest BCUT2D eigenvalue weighted by atomic mass is 32.1. The van der Waals surface area contributed by atoms with Gasteiger partial charge in [-0.2, -0.15) is 0 Å². The fraction of sp³-hybridized carbons (Fsp3) is 0.0909. The maximum Gasteiger partial charge on any atom is 0.238 e. The van der Waals surface area contributed by atoms with E-state index in [1.54, 1.807) is 4.90 Å². The number of para-hydroxylation sites is 1. The summed E-state index contributed by atoms with van der Waals surface area (Å²) >= 11 is 5.45. The Bertz CT molecular complexity index is 827. The molecule has 3 nitrogen and oxygen atoms in total. The summed E-state index contributed by atoms with van der Waals surface area (Å²) in [6.07, 6.45) is 0. The number of benzene rings is 3. The lowest BCUT2D eigenvalue weighted by atomic mass is 9.90. The van der Waals surface area contributed by atoms with Gasteiger partial charge in [-0.05, 0) is 35.5 Å². The van der Waals surface area contributed by atoms with Crippen LogP contribution in [0.5, 0.6) is 0 Å². The lowest BCUT2D eigenvalue weighted by Crippen LogP contribution is -2.43. The van der Waals surface area contributed by atoms with Gasteiger partial charge in [0.15, 0.2) is 5.11 Å². The van der Waals surface area contributed by atoms with Gasteiger partial charge in [0.2, 0.25) is 5.91 Å². The van der Waals surface area contributed by atoms with Gasteiger partial charge in [-0.3, -0.25) is 4.79 Å². The van der Waals surface area contributed by atoms with Crippen molar-refractivity contribution in [3.8, 4) is 0 Å². The number of thiocarbonyl (C=S) groups is 1. The van der Waals surface area contributed by atoms with Gasteiger partial charge in [0.05, 0.1) is 5.92 Å². The lowest BCUT2D eigenvalue weighted by molar-refractivity contribution is -0.120. The molecule has 1 amide bonds. The molecular formula is C22H20N2OS. The van der Waals surface area contributed by atoms with Crippen molar-refractivity contribution in [2.75, 3.05) is 11.9 Å². The van der Waals surface area contributed by atoms with Crippen LogP contribution in [-0.2, 0) is 4.79 Å². The minimum atomic E-state index is -0.417. The molecule has 130 valence electrons. The first-order chi connectivity index (χ1) is 12.7. The summed E-state index contributed by atoms with van der Waals surface area (Å²) in [5, 5.41) is 3.27. The van der Waals surface area contributed by atoms with Crippen molar-refractivity contribution in [1.82, 2.24) is 5.32 Å². The van der Waals surface area contributed by atoms with Crippen LogP contribution in [0.2, 0.25) is 0 Å². The van der Waals surface area contributed by atoms with Crippen molar-refractivity contribution in [3.05, 3.63) is 102 Å². The van der Waals surface area contributed by atoms with Crippen LogP contribution in [0.4, 0.5) is 5.69 Å². The van der Waals surface area contributed by atoms with E-state index >= 15 is 0 Å². The smallest absolute Gasteiger partial charge is 0.238 e. The first kappa shape index (κ1) is 17.8. The number of rotatable bonds is 4. The predicted molar refractivity (Wildman–Crippen MR) is 110 cm³/mol. The van der Waals surface area contributed by atoms with Crippen LogP contribution < -0.4 is 10.2 Å². The molecule has 0 unspecified atom stereocenters. The molecule has 4 heteroatoms. The zero-order valence-corrected chi connectivity index (χ0v) is 15.3. The van der Waals surface area contributed by atoms with Gasteiger partial charge >= 0.3 is 0 Å². The molecule has 0 saturated heterocycles. The molecular weight excluding hydrogens is 340 g/mol. The molecule has 0 radical (unpaired) electrons. The zero-order chi connectivity index (χ0) is 18.4. The van der Waals surface area contributed by atoms with Crippen LogP contribution in [0.3, 0.4) is 0 Å². The maximum atomic E-state index is 13.1. The van der Waals surface area contributed by atoms with Gasteiger partial charge in [-0.25, -0.2) is 0 Å². The van der Waals surface area contributed by atoms with E-state index in [-0.39, 0.29) is 5.91 Å². The van der Waals surface area contributed by atoms with Crippen LogP contribution in [0.15, 0.2) is 91.0 Å². The van der Waals surface area contributed by atoms with Crippen molar-refractivity contribution in [1.29, 1.82) is 0 Å². The molecule has 0 spiro atoms. The van der Waals surface area contributed by atoms with E-state index in [4.69, 9.17) is 12.2 Å². The van der Waals surface area contributed by atoms with Crippen molar-refractivity contribution >= 4 is 28.9 Å². The number of hydrogen-bond acceptors (Lipinski definition) is 2. The molecule has 0 aliphatic carbocycles. The molecule has 0 fully saturated rings. The van der Waals surface area contributed by atoms with Gasteiger partial charge in [-0.1, -0.05) is 78.9 Å². The highest BCUT2D eigenvalue weighted by Gasteiger charge is 2.24. The first-order valence-electron chi connectivity index (χ1n) is 8.40. The third-order valence-corrected chi connectivity index (χ3v) is 4.58. The second-order valence-electron chi connectivity index (χ2n) is 5.94. The maximum absolute atomic E-state index is 13.1. The van der Waals surface area contributed by atoms with Crippen LogP contribution in [0, 0.1) is 0 Å². The van der Waals surface area contributed by atoms with Crippen molar-refractivity contribution in [2.24, 2.45) is 0 Å². The molecule has 0 heterocycles. The Morgan fingerprint density at radius 1 is 0.808 bits per heavy atom. The monoisotopic (exact) mass is 360 g/mol. The van der Waals surface area contributed by atoms with Crippen LogP contribution in [-0.4, -0.2) is 18.1 Å². The third-order valence-electron chi connectivity index (χ3n) is 4.21. The highest BCUT2D eigenvalue weighted by molar-refractivity contribution is 7.80. The van der Waals surface area contributed by atoms with Crippen LogP contribution >= 0.6 is 12.2 Å². The number of anilines is 1. The molecule has 0 bridgehead atoms. The molecule has 0 aliphatic heterocycles. The number of nitrogens with zero attached hydrogens (tertiary/aromatic N) is 1. The van der Waals surface area contributed by atoms with Crippen molar-refractivity contribution in [2.45, 2.75) is 5.92 Å². The van der Waals surface area contributed by atoms with E-state index in [0.717, 1.165) is 16.8 Å². The van der Waals surface area contributed by atoms with E-state index in [2.05, 4.69) is 5.32 Å². The largest absolute Gasteiger partial charge is 0.322 e. The number of carbonyl (C=O) groups is 1. The third kappa shape index (κ3) is 4.16. The molecule has 0 aromatic heterocycles. The Labute approximate surface area is 159 Å². The van der Waals surface area contributed by atoms with Crippen LogP contribution in [0.25, 0.3) is 0 Å². The lowest BCUT2D eigenvalue weighted by Gasteiger charge is -2.23. The first-order valence-corrected chi connectivity index (χ1v) is 8.81. The molecule has 3 rings (SSSR count). The van der Waals surface area contributed by atoms with Gasteiger partial charge in [0.25, 0.3) is 0 Å². The molecule has 3 aromatic rings. The van der Waals surface area contributed by atoms with Crippen molar-refractivity contribution in [3.63, 3.8) is 0 Å². The SMILES string of the molecule is CN(C(=S)NC(=O)C(c1ccccc1)c1ccccc1)c1ccccc1. The fourth-order valence-electron chi connectivity index (χ4n) is 2.82.